The second-order valence-corrected chi connectivity index (χ2v) is 7.08. The molecule has 9 heteroatoms. The summed E-state index contributed by atoms with van der Waals surface area (Å²) in [5, 5.41) is 24.9. The summed E-state index contributed by atoms with van der Waals surface area (Å²) >= 11 is 0. The minimum Gasteiger partial charge on any atom is -0.508 e. The van der Waals surface area contributed by atoms with Crippen LogP contribution in [-0.4, -0.2) is 49.1 Å². The number of halogens is 1. The van der Waals surface area contributed by atoms with Crippen LogP contribution < -0.4 is 5.69 Å². The Bertz CT molecular complexity index is 1110. The van der Waals surface area contributed by atoms with E-state index in [9.17, 15) is 19.1 Å². The molecule has 2 heterocycles. The Morgan fingerprint density at radius 1 is 1.21 bits per heavy atom. The van der Waals surface area contributed by atoms with Gasteiger partial charge in [0.25, 0.3) is 0 Å². The van der Waals surface area contributed by atoms with Crippen LogP contribution in [0.3, 0.4) is 0 Å². The molecular formula is C20H19FN4O4. The Morgan fingerprint density at radius 2 is 1.93 bits per heavy atom. The van der Waals surface area contributed by atoms with Gasteiger partial charge < -0.3 is 15.1 Å². The lowest BCUT2D eigenvalue weighted by Gasteiger charge is -2.13. The zero-order valence-corrected chi connectivity index (χ0v) is 15.4. The number of aromatic nitrogens is 3. The van der Waals surface area contributed by atoms with Gasteiger partial charge in [-0.1, -0.05) is 18.2 Å². The molecule has 4 rings (SSSR count). The molecule has 1 aliphatic rings. The van der Waals surface area contributed by atoms with E-state index in [1.54, 1.807) is 18.2 Å². The van der Waals surface area contributed by atoms with Crippen LogP contribution in [-0.2, 0) is 6.42 Å². The summed E-state index contributed by atoms with van der Waals surface area (Å²) < 4.78 is 16.1. The van der Waals surface area contributed by atoms with Gasteiger partial charge in [-0.25, -0.2) is 23.6 Å². The van der Waals surface area contributed by atoms with Gasteiger partial charge >= 0.3 is 11.8 Å². The normalized spacial score (nSPS) is 16.3. The first-order valence-electron chi connectivity index (χ1n) is 9.16. The van der Waals surface area contributed by atoms with E-state index in [1.165, 1.54) is 33.7 Å². The molecule has 1 aliphatic heterocycles. The molecule has 2 aromatic carbocycles. The molecule has 3 aromatic rings. The molecule has 150 valence electrons. The van der Waals surface area contributed by atoms with Crippen molar-refractivity contribution in [1.29, 1.82) is 0 Å². The monoisotopic (exact) mass is 398 g/mol. The van der Waals surface area contributed by atoms with Gasteiger partial charge in [-0.2, -0.15) is 5.10 Å². The molecule has 1 saturated heterocycles. The van der Waals surface area contributed by atoms with Crippen LogP contribution in [0.25, 0.3) is 16.8 Å². The highest BCUT2D eigenvalue weighted by molar-refractivity contribution is 5.66. The zero-order chi connectivity index (χ0) is 20.5. The number of hydrogen-bond acceptors (Lipinski definition) is 4. The number of hydrogen-bond donors (Lipinski definition) is 3. The van der Waals surface area contributed by atoms with Gasteiger partial charge in [0.1, 0.15) is 17.4 Å². The van der Waals surface area contributed by atoms with Crippen molar-refractivity contribution < 1.29 is 19.4 Å². The van der Waals surface area contributed by atoms with Crippen LogP contribution in [0, 0.1) is 11.7 Å². The van der Waals surface area contributed by atoms with Crippen LogP contribution in [0.2, 0.25) is 0 Å². The minimum atomic E-state index is -0.970. The highest BCUT2D eigenvalue weighted by Crippen LogP contribution is 2.26. The molecule has 3 N–H and O–H groups in total. The quantitative estimate of drug-likeness (QED) is 0.626. The number of benzene rings is 2. The molecule has 1 fully saturated rings. The predicted molar refractivity (Wildman–Crippen MR) is 103 cm³/mol. The van der Waals surface area contributed by atoms with Crippen LogP contribution >= 0.6 is 0 Å². The largest absolute Gasteiger partial charge is 0.508 e. The molecule has 1 amide bonds. The average molecular weight is 398 g/mol. The smallest absolute Gasteiger partial charge is 0.407 e. The van der Waals surface area contributed by atoms with Crippen molar-refractivity contribution in [3.05, 3.63) is 64.6 Å². The van der Waals surface area contributed by atoms with Crippen LogP contribution in [0.5, 0.6) is 5.75 Å². The summed E-state index contributed by atoms with van der Waals surface area (Å²) in [5.74, 6) is -0.0874. The molecule has 1 aromatic heterocycles. The number of nitrogens with one attached hydrogen (secondary N) is 1. The lowest BCUT2D eigenvalue weighted by atomic mass is 10.0. The van der Waals surface area contributed by atoms with Crippen molar-refractivity contribution in [2.75, 3.05) is 13.1 Å². The molecule has 29 heavy (non-hydrogen) atoms. The summed E-state index contributed by atoms with van der Waals surface area (Å²) in [7, 11) is 0. The van der Waals surface area contributed by atoms with Crippen molar-refractivity contribution >= 4 is 6.09 Å². The number of rotatable bonds is 4. The summed E-state index contributed by atoms with van der Waals surface area (Å²) in [6.45, 7) is 0.795. The standard InChI is InChI=1S/C20H19FN4O4/c21-16-10-14(13-1-4-15(26)5-2-13)3-6-17(16)25-18(22-23-19(25)27)9-12-7-8-24(11-12)20(28)29/h1-6,10,12,26H,7-9,11H2,(H,23,27)(H,28,29). The van der Waals surface area contributed by atoms with E-state index in [0.717, 1.165) is 5.56 Å². The zero-order valence-electron chi connectivity index (χ0n) is 15.4. The van der Waals surface area contributed by atoms with Gasteiger partial charge in [-0.3, -0.25) is 0 Å². The highest BCUT2D eigenvalue weighted by Gasteiger charge is 2.28. The van der Waals surface area contributed by atoms with Crippen molar-refractivity contribution in [2.24, 2.45) is 5.92 Å². The third-order valence-electron chi connectivity index (χ3n) is 5.16. The topological polar surface area (TPSA) is 111 Å². The van der Waals surface area contributed by atoms with E-state index in [0.29, 0.717) is 37.3 Å². The molecule has 1 unspecified atom stereocenters. The number of nitrogens with zero attached hydrogens (tertiary/aromatic N) is 3. The number of phenols is 1. The van der Waals surface area contributed by atoms with Gasteiger partial charge in [-0.05, 0) is 47.7 Å². The SMILES string of the molecule is O=C(O)N1CCC(Cc2n[nH]c(=O)n2-c2ccc(-c3ccc(O)cc3)cc2F)C1. The summed E-state index contributed by atoms with van der Waals surface area (Å²) in [5.41, 5.74) is 0.865. The fourth-order valence-electron chi connectivity index (χ4n) is 3.67. The number of H-pyrrole nitrogens is 1. The van der Waals surface area contributed by atoms with E-state index in [4.69, 9.17) is 5.11 Å². The first-order valence-corrected chi connectivity index (χ1v) is 9.16. The first kappa shape index (κ1) is 18.7. The number of phenolic OH excluding ortho intramolecular Hbond substituents is 1. The fourth-order valence-corrected chi connectivity index (χ4v) is 3.67. The fraction of sp³-hybridized carbons (Fsp3) is 0.250. The van der Waals surface area contributed by atoms with E-state index in [-0.39, 0.29) is 17.4 Å². The molecule has 0 aliphatic carbocycles. The van der Waals surface area contributed by atoms with Crippen molar-refractivity contribution in [3.63, 3.8) is 0 Å². The average Bonchev–Trinajstić information content (AvgIpc) is 3.30. The molecule has 0 spiro atoms. The third-order valence-corrected chi connectivity index (χ3v) is 5.16. The highest BCUT2D eigenvalue weighted by atomic mass is 19.1. The second kappa shape index (κ2) is 7.42. The minimum absolute atomic E-state index is 0.0133. The van der Waals surface area contributed by atoms with Gasteiger partial charge in [0.15, 0.2) is 0 Å². The Balaban J connectivity index is 1.62. The van der Waals surface area contributed by atoms with E-state index in [1.807, 2.05) is 0 Å². The number of amides is 1. The Labute approximate surface area is 164 Å². The van der Waals surface area contributed by atoms with Gasteiger partial charge in [0, 0.05) is 19.5 Å². The predicted octanol–water partition coefficient (Wildman–Crippen LogP) is 2.61. The number of carbonyl (C=O) groups is 1. The lowest BCUT2D eigenvalue weighted by molar-refractivity contribution is 0.154. The van der Waals surface area contributed by atoms with Crippen LogP contribution in [0.4, 0.5) is 9.18 Å². The van der Waals surface area contributed by atoms with Gasteiger partial charge in [0.2, 0.25) is 0 Å². The van der Waals surface area contributed by atoms with Crippen molar-refractivity contribution in [3.8, 4) is 22.6 Å². The number of carboxylic acid groups (broad SMARTS) is 1. The van der Waals surface area contributed by atoms with Crippen LogP contribution in [0.15, 0.2) is 47.3 Å². The summed E-state index contributed by atoms with van der Waals surface area (Å²) in [6.07, 6.45) is 0.0554. The third kappa shape index (κ3) is 3.71. The Kier molecular flexibility index (Phi) is 4.79. The number of aromatic hydroxyl groups is 1. The Hall–Kier alpha value is -3.62. The second-order valence-electron chi connectivity index (χ2n) is 7.08. The first-order chi connectivity index (χ1) is 13.9. The van der Waals surface area contributed by atoms with E-state index in [2.05, 4.69) is 10.2 Å². The summed E-state index contributed by atoms with van der Waals surface area (Å²) in [6, 6.07) is 10.9. The maximum atomic E-state index is 14.9. The Morgan fingerprint density at radius 3 is 2.59 bits per heavy atom. The number of likely N-dealkylation sites (tertiary alicyclic amines) is 1. The van der Waals surface area contributed by atoms with E-state index >= 15 is 0 Å². The summed E-state index contributed by atoms with van der Waals surface area (Å²) in [4.78, 5) is 24.7. The molecule has 0 saturated carbocycles. The maximum Gasteiger partial charge on any atom is 0.407 e. The maximum absolute atomic E-state index is 14.9. The van der Waals surface area contributed by atoms with Crippen molar-refractivity contribution in [1.82, 2.24) is 19.7 Å². The molecule has 0 radical (unpaired) electrons. The molecule has 0 bridgehead atoms. The van der Waals surface area contributed by atoms with Gasteiger partial charge in [-0.15, -0.1) is 0 Å². The molecular weight excluding hydrogens is 379 g/mol. The van der Waals surface area contributed by atoms with E-state index < -0.39 is 17.6 Å². The lowest BCUT2D eigenvalue weighted by Crippen LogP contribution is -2.27. The van der Waals surface area contributed by atoms with Crippen molar-refractivity contribution in [2.45, 2.75) is 12.8 Å². The van der Waals surface area contributed by atoms with Crippen LogP contribution in [0.1, 0.15) is 12.2 Å². The molecule has 1 atom stereocenters. The molecule has 8 nitrogen and oxygen atoms in total. The number of aromatic amines is 1. The van der Waals surface area contributed by atoms with Gasteiger partial charge in [0.05, 0.1) is 5.69 Å².